The fourth-order valence-corrected chi connectivity index (χ4v) is 4.49. The van der Waals surface area contributed by atoms with E-state index < -0.39 is 0 Å². The Bertz CT molecular complexity index is 661. The summed E-state index contributed by atoms with van der Waals surface area (Å²) in [6, 6.07) is 0. The lowest BCUT2D eigenvalue weighted by Gasteiger charge is -2.27. The summed E-state index contributed by atoms with van der Waals surface area (Å²) in [5, 5.41) is 7.93. The lowest BCUT2D eigenvalue weighted by atomic mass is 10.1. The second-order valence-corrected chi connectivity index (χ2v) is 7.08. The van der Waals surface area contributed by atoms with E-state index >= 15 is 0 Å². The van der Waals surface area contributed by atoms with Crippen LogP contribution in [0.5, 0.6) is 0 Å². The number of nitrogens with zero attached hydrogens (tertiary/aromatic N) is 3. The largest absolute Gasteiger partial charge is 0.372 e. The number of nitrogens with one attached hydrogen (secondary N) is 2. The molecule has 0 aromatic carbocycles. The highest BCUT2D eigenvalue weighted by Gasteiger charge is 2.20. The Morgan fingerprint density at radius 3 is 2.65 bits per heavy atom. The minimum atomic E-state index is 0.870. The van der Waals surface area contributed by atoms with E-state index in [0.717, 1.165) is 55.6 Å². The molecule has 2 aromatic heterocycles. The first kappa shape index (κ1) is 16.5. The molecule has 0 radical (unpaired) electrons. The molecule has 0 atom stereocenters. The first-order valence-corrected chi connectivity index (χ1v) is 9.55. The molecule has 2 N–H and O–H groups in total. The quantitative estimate of drug-likeness (QED) is 0.851. The summed E-state index contributed by atoms with van der Waals surface area (Å²) in [5.74, 6) is 1.86. The number of hydrogen-bond acceptors (Lipinski definition) is 6. The maximum Gasteiger partial charge on any atom is 0.228 e. The van der Waals surface area contributed by atoms with Crippen LogP contribution in [0.1, 0.15) is 37.1 Å². The molecule has 2 aromatic rings. The van der Waals surface area contributed by atoms with Crippen molar-refractivity contribution in [3.8, 4) is 0 Å². The lowest BCUT2D eigenvalue weighted by molar-refractivity contribution is 0.581. The monoisotopic (exact) mass is 333 g/mol. The van der Waals surface area contributed by atoms with Gasteiger partial charge in [0.05, 0.1) is 5.39 Å². The summed E-state index contributed by atoms with van der Waals surface area (Å²) in [5.41, 5.74) is 1.44. The third kappa shape index (κ3) is 3.28. The molecule has 0 saturated carbocycles. The zero-order valence-electron chi connectivity index (χ0n) is 14.4. The van der Waals surface area contributed by atoms with Crippen molar-refractivity contribution in [1.82, 2.24) is 15.3 Å². The van der Waals surface area contributed by atoms with Gasteiger partial charge in [0.15, 0.2) is 0 Å². The van der Waals surface area contributed by atoms with E-state index in [4.69, 9.17) is 9.97 Å². The predicted molar refractivity (Wildman–Crippen MR) is 100 cm³/mol. The van der Waals surface area contributed by atoms with Gasteiger partial charge < -0.3 is 15.5 Å². The molecule has 23 heavy (non-hydrogen) atoms. The maximum atomic E-state index is 4.91. The van der Waals surface area contributed by atoms with Gasteiger partial charge in [0.1, 0.15) is 10.6 Å². The van der Waals surface area contributed by atoms with Crippen LogP contribution in [0.3, 0.4) is 0 Å². The third-order valence-electron chi connectivity index (χ3n) is 4.47. The van der Waals surface area contributed by atoms with Crippen LogP contribution in [0.25, 0.3) is 10.2 Å². The SMILES string of the molecule is CCCCc1sc2nc(N3CCNCC3)nc(NC)c2c1CC. The van der Waals surface area contributed by atoms with Crippen molar-refractivity contribution >= 4 is 33.3 Å². The molecule has 0 spiro atoms. The van der Waals surface area contributed by atoms with Gasteiger partial charge in [-0.2, -0.15) is 4.98 Å². The minimum absolute atomic E-state index is 0.870. The molecule has 3 rings (SSSR count). The van der Waals surface area contributed by atoms with Gasteiger partial charge >= 0.3 is 0 Å². The van der Waals surface area contributed by atoms with Gasteiger partial charge in [0.25, 0.3) is 0 Å². The van der Waals surface area contributed by atoms with Crippen LogP contribution in [0.15, 0.2) is 0 Å². The molecule has 5 nitrogen and oxygen atoms in total. The fourth-order valence-electron chi connectivity index (χ4n) is 3.19. The third-order valence-corrected chi connectivity index (χ3v) is 5.66. The van der Waals surface area contributed by atoms with E-state index in [1.807, 2.05) is 18.4 Å². The Balaban J connectivity index is 2.06. The normalized spacial score (nSPS) is 15.3. The number of aromatic nitrogens is 2. The van der Waals surface area contributed by atoms with Crippen LogP contribution in [0.4, 0.5) is 11.8 Å². The summed E-state index contributed by atoms with van der Waals surface area (Å²) < 4.78 is 0. The van der Waals surface area contributed by atoms with Crippen molar-refractivity contribution in [2.75, 3.05) is 43.4 Å². The van der Waals surface area contributed by atoms with Gasteiger partial charge in [0, 0.05) is 38.1 Å². The van der Waals surface area contributed by atoms with Crippen LogP contribution < -0.4 is 15.5 Å². The Labute approximate surface area is 142 Å². The maximum absolute atomic E-state index is 4.91. The molecule has 126 valence electrons. The average molecular weight is 334 g/mol. The number of piperazine rings is 1. The van der Waals surface area contributed by atoms with Crippen molar-refractivity contribution in [1.29, 1.82) is 0 Å². The Kier molecular flexibility index (Phi) is 5.33. The number of aryl methyl sites for hydroxylation is 2. The van der Waals surface area contributed by atoms with E-state index in [0.29, 0.717) is 0 Å². The molecule has 0 bridgehead atoms. The Hall–Kier alpha value is -1.40. The van der Waals surface area contributed by atoms with E-state index in [9.17, 15) is 0 Å². The van der Waals surface area contributed by atoms with Crippen LogP contribution in [-0.4, -0.2) is 43.2 Å². The molecule has 0 amide bonds. The predicted octanol–water partition coefficient (Wildman–Crippen LogP) is 3.05. The fraction of sp³-hybridized carbons (Fsp3) is 0.647. The second-order valence-electron chi connectivity index (χ2n) is 6.00. The molecular formula is C17H27N5S. The second kappa shape index (κ2) is 7.45. The minimum Gasteiger partial charge on any atom is -0.372 e. The number of rotatable bonds is 6. The zero-order valence-corrected chi connectivity index (χ0v) is 15.2. The molecular weight excluding hydrogens is 306 g/mol. The van der Waals surface area contributed by atoms with Gasteiger partial charge in [-0.25, -0.2) is 4.98 Å². The summed E-state index contributed by atoms with van der Waals surface area (Å²) in [7, 11) is 1.96. The Morgan fingerprint density at radius 1 is 1.22 bits per heavy atom. The lowest BCUT2D eigenvalue weighted by Crippen LogP contribution is -2.44. The zero-order chi connectivity index (χ0) is 16.2. The van der Waals surface area contributed by atoms with Gasteiger partial charge in [-0.1, -0.05) is 20.3 Å². The van der Waals surface area contributed by atoms with Crippen LogP contribution in [-0.2, 0) is 12.8 Å². The highest BCUT2D eigenvalue weighted by Crippen LogP contribution is 2.36. The summed E-state index contributed by atoms with van der Waals surface area (Å²) >= 11 is 1.86. The van der Waals surface area contributed by atoms with E-state index in [2.05, 4.69) is 29.4 Å². The van der Waals surface area contributed by atoms with Crippen molar-refractivity contribution in [3.63, 3.8) is 0 Å². The van der Waals surface area contributed by atoms with Crippen molar-refractivity contribution in [3.05, 3.63) is 10.4 Å². The van der Waals surface area contributed by atoms with Gasteiger partial charge in [-0.05, 0) is 24.8 Å². The molecule has 3 heterocycles. The first-order valence-electron chi connectivity index (χ1n) is 8.74. The standard InChI is InChI=1S/C17H27N5S/c1-4-6-7-13-12(5-2)14-15(18-3)20-17(21-16(14)23-13)22-10-8-19-9-11-22/h19H,4-11H2,1-3H3,(H,18,20,21). The number of hydrogen-bond donors (Lipinski definition) is 2. The molecule has 0 unspecified atom stereocenters. The highest BCUT2D eigenvalue weighted by atomic mass is 32.1. The summed E-state index contributed by atoms with van der Waals surface area (Å²) in [6.45, 7) is 8.44. The van der Waals surface area contributed by atoms with Crippen LogP contribution in [0, 0.1) is 0 Å². The molecule has 1 saturated heterocycles. The smallest absolute Gasteiger partial charge is 0.228 e. The van der Waals surface area contributed by atoms with E-state index in [1.54, 1.807) is 0 Å². The molecule has 6 heteroatoms. The number of unbranched alkanes of at least 4 members (excludes halogenated alkanes) is 1. The molecule has 0 aliphatic carbocycles. The van der Waals surface area contributed by atoms with Gasteiger partial charge in [-0.15, -0.1) is 11.3 Å². The average Bonchev–Trinajstić information content (AvgIpc) is 2.97. The molecule has 1 aliphatic rings. The van der Waals surface area contributed by atoms with Crippen LogP contribution >= 0.6 is 11.3 Å². The van der Waals surface area contributed by atoms with Crippen molar-refractivity contribution in [2.24, 2.45) is 0 Å². The number of anilines is 2. The topological polar surface area (TPSA) is 53.1 Å². The number of thiophene rings is 1. The molecule has 1 fully saturated rings. The van der Waals surface area contributed by atoms with Crippen molar-refractivity contribution in [2.45, 2.75) is 39.5 Å². The summed E-state index contributed by atoms with van der Waals surface area (Å²) in [6.07, 6.45) is 4.68. The van der Waals surface area contributed by atoms with E-state index in [-0.39, 0.29) is 0 Å². The Morgan fingerprint density at radius 2 is 2.00 bits per heavy atom. The number of fused-ring (bicyclic) bond motifs is 1. The highest BCUT2D eigenvalue weighted by molar-refractivity contribution is 7.19. The van der Waals surface area contributed by atoms with E-state index in [1.165, 1.54) is 28.7 Å². The van der Waals surface area contributed by atoms with Gasteiger partial charge in [-0.3, -0.25) is 0 Å². The molecule has 1 aliphatic heterocycles. The first-order chi connectivity index (χ1) is 11.3. The van der Waals surface area contributed by atoms with Crippen LogP contribution in [0.2, 0.25) is 0 Å². The summed E-state index contributed by atoms with van der Waals surface area (Å²) in [4.78, 5) is 14.7. The van der Waals surface area contributed by atoms with Gasteiger partial charge in [0.2, 0.25) is 5.95 Å². The van der Waals surface area contributed by atoms with Crippen molar-refractivity contribution < 1.29 is 0 Å².